The van der Waals surface area contributed by atoms with E-state index in [1.807, 2.05) is 18.2 Å². The number of aryl methyl sites for hydroxylation is 1. The second-order valence-corrected chi connectivity index (χ2v) is 8.53. The van der Waals surface area contributed by atoms with E-state index in [-0.39, 0.29) is 30.6 Å². The van der Waals surface area contributed by atoms with Crippen LogP contribution < -0.4 is 5.32 Å². The normalized spacial score (nSPS) is 16.7. The molecular formula is C21H22ClNO4S. The molecule has 0 fully saturated rings. The Balaban J connectivity index is 1.48. The number of esters is 1. The molecule has 1 aliphatic carbocycles. The summed E-state index contributed by atoms with van der Waals surface area (Å²) in [6.07, 6.45) is 1.93. The average Bonchev–Trinajstić information content (AvgIpc) is 3.13. The number of thiophene rings is 1. The summed E-state index contributed by atoms with van der Waals surface area (Å²) in [6.45, 7) is 1.54. The maximum atomic E-state index is 12.5. The number of ether oxygens (including phenoxy) is 1. The third kappa shape index (κ3) is 5.20. The minimum absolute atomic E-state index is 0.0278. The van der Waals surface area contributed by atoms with E-state index in [0.29, 0.717) is 9.21 Å². The van der Waals surface area contributed by atoms with E-state index in [0.717, 1.165) is 24.8 Å². The second-order valence-electron chi connectivity index (χ2n) is 6.81. The number of benzene rings is 1. The first-order valence-electron chi connectivity index (χ1n) is 9.30. The number of hydrogen-bond donors (Lipinski definition) is 1. The molecule has 0 bridgehead atoms. The summed E-state index contributed by atoms with van der Waals surface area (Å²) in [7, 11) is 0. The van der Waals surface area contributed by atoms with E-state index in [1.54, 1.807) is 19.1 Å². The molecule has 1 amide bonds. The van der Waals surface area contributed by atoms with Crippen molar-refractivity contribution in [2.45, 2.75) is 51.2 Å². The van der Waals surface area contributed by atoms with Gasteiger partial charge in [0.05, 0.1) is 21.7 Å². The van der Waals surface area contributed by atoms with E-state index in [2.05, 4.69) is 11.4 Å². The van der Waals surface area contributed by atoms with Crippen LogP contribution in [0.15, 0.2) is 36.4 Å². The maximum Gasteiger partial charge on any atom is 0.307 e. The van der Waals surface area contributed by atoms with Crippen LogP contribution >= 0.6 is 22.9 Å². The highest BCUT2D eigenvalue weighted by molar-refractivity contribution is 7.18. The van der Waals surface area contributed by atoms with Gasteiger partial charge in [0.1, 0.15) is 0 Å². The lowest BCUT2D eigenvalue weighted by molar-refractivity contribution is -0.155. The van der Waals surface area contributed by atoms with Gasteiger partial charge in [-0.3, -0.25) is 14.4 Å². The van der Waals surface area contributed by atoms with Crippen molar-refractivity contribution in [1.82, 2.24) is 5.32 Å². The monoisotopic (exact) mass is 419 g/mol. The van der Waals surface area contributed by atoms with Crippen molar-refractivity contribution in [1.29, 1.82) is 0 Å². The molecule has 148 valence electrons. The summed E-state index contributed by atoms with van der Waals surface area (Å²) in [6, 6.07) is 11.3. The quantitative estimate of drug-likeness (QED) is 0.530. The number of rotatable bonds is 7. The smallest absolute Gasteiger partial charge is 0.307 e. The summed E-state index contributed by atoms with van der Waals surface area (Å²) >= 11 is 6.99. The van der Waals surface area contributed by atoms with Crippen molar-refractivity contribution in [3.05, 3.63) is 56.7 Å². The fourth-order valence-corrected chi connectivity index (χ4v) is 4.32. The van der Waals surface area contributed by atoms with Gasteiger partial charge in [-0.05, 0) is 49.4 Å². The van der Waals surface area contributed by atoms with Crippen LogP contribution in [0.3, 0.4) is 0 Å². The van der Waals surface area contributed by atoms with Crippen molar-refractivity contribution in [2.24, 2.45) is 0 Å². The van der Waals surface area contributed by atoms with Crippen LogP contribution in [-0.4, -0.2) is 23.8 Å². The molecule has 3 rings (SSSR count). The number of carbonyl (C=O) groups excluding carboxylic acids is 3. The standard InChI is InChI=1S/C21H22ClNO4S/c1-13(27-20(25)12-9-17(24)18-10-11-19(22)28-18)21(26)23-16-8-4-6-14-5-2-3-7-15(14)16/h2-3,5,7,10-11,13,16H,4,6,8-9,12H2,1H3,(H,23,26)/t13-,16-/m1/s1. The van der Waals surface area contributed by atoms with Crippen LogP contribution in [0.5, 0.6) is 0 Å². The number of hydrogen-bond acceptors (Lipinski definition) is 5. The molecule has 2 atom stereocenters. The van der Waals surface area contributed by atoms with Crippen LogP contribution in [0.2, 0.25) is 4.34 Å². The van der Waals surface area contributed by atoms with Gasteiger partial charge >= 0.3 is 5.97 Å². The van der Waals surface area contributed by atoms with Gasteiger partial charge in [-0.25, -0.2) is 0 Å². The minimum atomic E-state index is -0.909. The molecule has 0 saturated heterocycles. The number of nitrogens with one attached hydrogen (secondary N) is 1. The zero-order valence-corrected chi connectivity index (χ0v) is 17.1. The Labute approximate surface area is 173 Å². The minimum Gasteiger partial charge on any atom is -0.453 e. The first kappa shape index (κ1) is 20.6. The number of halogens is 1. The molecule has 1 aromatic heterocycles. The van der Waals surface area contributed by atoms with Gasteiger partial charge in [-0.2, -0.15) is 0 Å². The largest absolute Gasteiger partial charge is 0.453 e. The Morgan fingerprint density at radius 2 is 2.00 bits per heavy atom. The first-order chi connectivity index (χ1) is 13.4. The SMILES string of the molecule is C[C@@H](OC(=O)CCC(=O)c1ccc(Cl)s1)C(=O)N[C@@H]1CCCc2ccccc21. The second kappa shape index (κ2) is 9.34. The fourth-order valence-electron chi connectivity index (χ4n) is 3.31. The highest BCUT2D eigenvalue weighted by atomic mass is 35.5. The zero-order chi connectivity index (χ0) is 20.1. The highest BCUT2D eigenvalue weighted by Gasteiger charge is 2.25. The first-order valence-corrected chi connectivity index (χ1v) is 10.5. The molecule has 0 aliphatic heterocycles. The van der Waals surface area contributed by atoms with Crippen molar-refractivity contribution < 1.29 is 19.1 Å². The lowest BCUT2D eigenvalue weighted by Gasteiger charge is -2.27. The highest BCUT2D eigenvalue weighted by Crippen LogP contribution is 2.29. The van der Waals surface area contributed by atoms with Gasteiger partial charge in [0.25, 0.3) is 5.91 Å². The molecule has 0 unspecified atom stereocenters. The molecule has 1 N–H and O–H groups in total. The fraction of sp³-hybridized carbons (Fsp3) is 0.381. The third-order valence-corrected chi connectivity index (χ3v) is 6.04. The molecule has 7 heteroatoms. The average molecular weight is 420 g/mol. The Bertz CT molecular complexity index is 879. The van der Waals surface area contributed by atoms with Crippen molar-refractivity contribution in [3.8, 4) is 0 Å². The molecule has 1 aliphatic rings. The third-order valence-electron chi connectivity index (χ3n) is 4.77. The predicted octanol–water partition coefficient (Wildman–Crippen LogP) is 4.49. The number of fused-ring (bicyclic) bond motifs is 1. The number of carbonyl (C=O) groups is 3. The van der Waals surface area contributed by atoms with Gasteiger partial charge < -0.3 is 10.1 Å². The van der Waals surface area contributed by atoms with Crippen molar-refractivity contribution >= 4 is 40.6 Å². The molecule has 2 aromatic rings. The lowest BCUT2D eigenvalue weighted by Crippen LogP contribution is -2.39. The lowest BCUT2D eigenvalue weighted by atomic mass is 9.87. The van der Waals surface area contributed by atoms with Gasteiger partial charge in [0.15, 0.2) is 11.9 Å². The van der Waals surface area contributed by atoms with Gasteiger partial charge in [0, 0.05) is 6.42 Å². The van der Waals surface area contributed by atoms with E-state index in [4.69, 9.17) is 16.3 Å². The zero-order valence-electron chi connectivity index (χ0n) is 15.6. The Morgan fingerprint density at radius 3 is 2.75 bits per heavy atom. The van der Waals surface area contributed by atoms with Gasteiger partial charge in [-0.1, -0.05) is 35.9 Å². The molecule has 0 radical (unpaired) electrons. The molecule has 0 saturated carbocycles. The Morgan fingerprint density at radius 1 is 1.21 bits per heavy atom. The summed E-state index contributed by atoms with van der Waals surface area (Å²) < 4.78 is 5.74. The molecule has 0 spiro atoms. The molecule has 1 aromatic carbocycles. The van der Waals surface area contributed by atoms with E-state index >= 15 is 0 Å². The number of Topliss-reactive ketones (excluding diaryl/α,β-unsaturated/α-hetero) is 1. The van der Waals surface area contributed by atoms with E-state index in [1.165, 1.54) is 16.9 Å². The van der Waals surface area contributed by atoms with Crippen LogP contribution in [0.4, 0.5) is 0 Å². The van der Waals surface area contributed by atoms with E-state index in [9.17, 15) is 14.4 Å². The summed E-state index contributed by atoms with van der Waals surface area (Å²) in [4.78, 5) is 37.0. The number of amides is 1. The van der Waals surface area contributed by atoms with Crippen molar-refractivity contribution in [2.75, 3.05) is 0 Å². The van der Waals surface area contributed by atoms with Gasteiger partial charge in [0.2, 0.25) is 0 Å². The van der Waals surface area contributed by atoms with Crippen LogP contribution in [-0.2, 0) is 20.7 Å². The Hall–Kier alpha value is -2.18. The molecule has 28 heavy (non-hydrogen) atoms. The molecular weight excluding hydrogens is 398 g/mol. The topological polar surface area (TPSA) is 72.5 Å². The van der Waals surface area contributed by atoms with Crippen LogP contribution in [0, 0.1) is 0 Å². The van der Waals surface area contributed by atoms with Gasteiger partial charge in [-0.15, -0.1) is 11.3 Å². The van der Waals surface area contributed by atoms with Crippen LogP contribution in [0.1, 0.15) is 59.4 Å². The van der Waals surface area contributed by atoms with Crippen LogP contribution in [0.25, 0.3) is 0 Å². The maximum absolute atomic E-state index is 12.5. The number of ketones is 1. The predicted molar refractivity (Wildman–Crippen MR) is 109 cm³/mol. The summed E-state index contributed by atoms with van der Waals surface area (Å²) in [5.74, 6) is -1.06. The summed E-state index contributed by atoms with van der Waals surface area (Å²) in [5.41, 5.74) is 2.37. The Kier molecular flexibility index (Phi) is 6.86. The van der Waals surface area contributed by atoms with E-state index < -0.39 is 12.1 Å². The molecule has 1 heterocycles. The van der Waals surface area contributed by atoms with Crippen molar-refractivity contribution in [3.63, 3.8) is 0 Å². The summed E-state index contributed by atoms with van der Waals surface area (Å²) in [5, 5.41) is 2.98. The molecule has 5 nitrogen and oxygen atoms in total.